The molecule has 112 valence electrons. The fraction of sp³-hybridized carbons (Fsp3) is 0.250. The van der Waals surface area contributed by atoms with Gasteiger partial charge in [0, 0.05) is 12.6 Å². The van der Waals surface area contributed by atoms with Gasteiger partial charge in [-0.2, -0.15) is 0 Å². The van der Waals surface area contributed by atoms with Crippen molar-refractivity contribution >= 4 is 27.2 Å². The summed E-state index contributed by atoms with van der Waals surface area (Å²) in [5, 5.41) is 7.61. The van der Waals surface area contributed by atoms with Crippen molar-refractivity contribution in [2.75, 3.05) is 0 Å². The van der Waals surface area contributed by atoms with E-state index in [1.54, 1.807) is 30.7 Å². The molecule has 1 aromatic carbocycles. The van der Waals surface area contributed by atoms with Gasteiger partial charge >= 0.3 is 0 Å². The van der Waals surface area contributed by atoms with Crippen LogP contribution in [0.5, 0.6) is 0 Å². The molecule has 0 spiro atoms. The summed E-state index contributed by atoms with van der Waals surface area (Å²) >= 11 is 4.86. The Morgan fingerprint density at radius 3 is 2.76 bits per heavy atom. The van der Waals surface area contributed by atoms with Crippen LogP contribution in [0.4, 0.5) is 0 Å². The van der Waals surface area contributed by atoms with Crippen LogP contribution in [0.1, 0.15) is 24.4 Å². The zero-order valence-electron chi connectivity index (χ0n) is 11.5. The van der Waals surface area contributed by atoms with Crippen LogP contribution in [0, 0.1) is 0 Å². The Bertz CT molecular complexity index is 769. The third-order valence-corrected chi connectivity index (χ3v) is 4.67. The summed E-state index contributed by atoms with van der Waals surface area (Å²) in [6.07, 6.45) is 1.51. The molecule has 2 aromatic rings. The van der Waals surface area contributed by atoms with E-state index in [-0.39, 0.29) is 9.88 Å². The van der Waals surface area contributed by atoms with Crippen molar-refractivity contribution in [3.05, 3.63) is 42.0 Å². The summed E-state index contributed by atoms with van der Waals surface area (Å²) in [6.45, 7) is 1.69. The maximum Gasteiger partial charge on any atom is 0.241 e. The summed E-state index contributed by atoms with van der Waals surface area (Å²) in [6, 6.07) is 5.65. The average Bonchev–Trinajstić information content (AvgIpc) is 2.85. The number of nitrogens with two attached hydrogens (primary N) is 1. The lowest BCUT2D eigenvalue weighted by atomic mass is 10.2. The first-order valence-electron chi connectivity index (χ1n) is 6.07. The number of hydrogen-bond acceptors (Lipinski definition) is 5. The van der Waals surface area contributed by atoms with Crippen LogP contribution in [-0.4, -0.2) is 28.2 Å². The number of sulfonamides is 1. The van der Waals surface area contributed by atoms with Crippen LogP contribution in [0.2, 0.25) is 0 Å². The number of nitrogens with zero attached hydrogens (tertiary/aromatic N) is 3. The van der Waals surface area contributed by atoms with Gasteiger partial charge in [-0.1, -0.05) is 24.4 Å². The second kappa shape index (κ2) is 5.88. The van der Waals surface area contributed by atoms with Crippen LogP contribution in [0.3, 0.4) is 0 Å². The summed E-state index contributed by atoms with van der Waals surface area (Å²) in [5.41, 5.74) is 6.02. The quantitative estimate of drug-likeness (QED) is 0.776. The van der Waals surface area contributed by atoms with E-state index in [0.29, 0.717) is 11.4 Å². The van der Waals surface area contributed by atoms with E-state index in [1.807, 2.05) is 0 Å². The van der Waals surface area contributed by atoms with E-state index in [2.05, 4.69) is 14.9 Å². The van der Waals surface area contributed by atoms with Crippen molar-refractivity contribution in [2.45, 2.75) is 17.9 Å². The molecule has 3 N–H and O–H groups in total. The lowest BCUT2D eigenvalue weighted by Crippen LogP contribution is -2.28. The van der Waals surface area contributed by atoms with Crippen molar-refractivity contribution in [1.29, 1.82) is 0 Å². The van der Waals surface area contributed by atoms with Crippen LogP contribution in [0.25, 0.3) is 0 Å². The highest BCUT2D eigenvalue weighted by Gasteiger charge is 2.21. The number of thiocarbonyl (C=S) groups is 1. The molecule has 9 heteroatoms. The molecule has 0 saturated heterocycles. The van der Waals surface area contributed by atoms with E-state index in [0.717, 1.165) is 0 Å². The van der Waals surface area contributed by atoms with E-state index in [4.69, 9.17) is 18.0 Å². The molecular weight excluding hydrogens is 310 g/mol. The molecule has 0 aliphatic carbocycles. The summed E-state index contributed by atoms with van der Waals surface area (Å²) in [7, 11) is -1.96. The van der Waals surface area contributed by atoms with E-state index >= 15 is 0 Å². The Morgan fingerprint density at radius 2 is 2.19 bits per heavy atom. The Balaban J connectivity index is 2.28. The van der Waals surface area contributed by atoms with Crippen molar-refractivity contribution in [1.82, 2.24) is 19.5 Å². The predicted octanol–water partition coefficient (Wildman–Crippen LogP) is 0.489. The molecule has 0 aliphatic heterocycles. The first kappa shape index (κ1) is 15.5. The molecule has 1 atom stereocenters. The SMILES string of the molecule is CC(NS(=O)(=O)c1cccc(C(N)=S)c1)c1nncn1C. The fourth-order valence-electron chi connectivity index (χ4n) is 1.85. The Morgan fingerprint density at radius 1 is 1.48 bits per heavy atom. The molecule has 0 aliphatic rings. The number of hydrogen-bond donors (Lipinski definition) is 2. The molecule has 1 aromatic heterocycles. The van der Waals surface area contributed by atoms with Gasteiger partial charge in [-0.25, -0.2) is 13.1 Å². The largest absolute Gasteiger partial charge is 0.389 e. The number of aryl methyl sites for hydroxylation is 1. The van der Waals surface area contributed by atoms with Crippen molar-refractivity contribution in [3.8, 4) is 0 Å². The molecule has 7 nitrogen and oxygen atoms in total. The van der Waals surface area contributed by atoms with Gasteiger partial charge in [0.25, 0.3) is 0 Å². The normalized spacial score (nSPS) is 13.0. The monoisotopic (exact) mass is 325 g/mol. The van der Waals surface area contributed by atoms with Gasteiger partial charge in [-0.15, -0.1) is 10.2 Å². The molecule has 2 rings (SSSR count). The van der Waals surface area contributed by atoms with Crippen LogP contribution >= 0.6 is 12.2 Å². The van der Waals surface area contributed by atoms with Gasteiger partial charge in [-0.05, 0) is 19.1 Å². The topological polar surface area (TPSA) is 103 Å². The maximum absolute atomic E-state index is 12.4. The third kappa shape index (κ3) is 3.43. The molecule has 0 fully saturated rings. The number of nitrogens with one attached hydrogen (secondary N) is 1. The molecule has 0 radical (unpaired) electrons. The second-order valence-corrected chi connectivity index (χ2v) is 6.69. The lowest BCUT2D eigenvalue weighted by Gasteiger charge is -2.14. The minimum absolute atomic E-state index is 0.0989. The van der Waals surface area contributed by atoms with Crippen molar-refractivity contribution in [3.63, 3.8) is 0 Å². The summed E-state index contributed by atoms with van der Waals surface area (Å²) in [5.74, 6) is 0.518. The molecule has 0 bridgehead atoms. The minimum atomic E-state index is -3.70. The molecular formula is C12H15N5O2S2. The molecule has 21 heavy (non-hydrogen) atoms. The molecule has 0 amide bonds. The Hall–Kier alpha value is -1.84. The molecule has 1 heterocycles. The Kier molecular flexibility index (Phi) is 4.35. The van der Waals surface area contributed by atoms with Gasteiger partial charge in [0.1, 0.15) is 17.1 Å². The molecule has 0 saturated carbocycles. The van der Waals surface area contributed by atoms with Crippen LogP contribution < -0.4 is 10.5 Å². The number of aromatic nitrogens is 3. The van der Waals surface area contributed by atoms with Crippen molar-refractivity contribution < 1.29 is 8.42 Å². The zero-order chi connectivity index (χ0) is 15.6. The standard InChI is InChI=1S/C12H15N5O2S2/c1-8(12-15-14-7-17(12)2)16-21(18,19)10-5-3-4-9(6-10)11(13)20/h3-8,16H,1-2H3,(H2,13,20). The first-order chi connectivity index (χ1) is 9.81. The van der Waals surface area contributed by atoms with Gasteiger partial charge in [-0.3, -0.25) is 0 Å². The summed E-state index contributed by atoms with van der Waals surface area (Å²) < 4.78 is 28.9. The number of rotatable bonds is 5. The zero-order valence-corrected chi connectivity index (χ0v) is 13.1. The lowest BCUT2D eigenvalue weighted by molar-refractivity contribution is 0.553. The fourth-order valence-corrected chi connectivity index (χ4v) is 3.23. The predicted molar refractivity (Wildman–Crippen MR) is 82.1 cm³/mol. The van der Waals surface area contributed by atoms with Gasteiger partial charge in [0.2, 0.25) is 10.0 Å². The van der Waals surface area contributed by atoms with Crippen LogP contribution in [0.15, 0.2) is 35.5 Å². The Labute approximate surface area is 128 Å². The van der Waals surface area contributed by atoms with Gasteiger partial charge in [0.15, 0.2) is 0 Å². The highest BCUT2D eigenvalue weighted by Crippen LogP contribution is 2.16. The van der Waals surface area contributed by atoms with E-state index in [1.165, 1.54) is 18.5 Å². The van der Waals surface area contributed by atoms with Gasteiger partial charge in [0.05, 0.1) is 10.9 Å². The van der Waals surface area contributed by atoms with Gasteiger partial charge < -0.3 is 10.3 Å². The molecule has 1 unspecified atom stereocenters. The average molecular weight is 325 g/mol. The second-order valence-electron chi connectivity index (χ2n) is 4.54. The van der Waals surface area contributed by atoms with Crippen LogP contribution in [-0.2, 0) is 17.1 Å². The minimum Gasteiger partial charge on any atom is -0.389 e. The first-order valence-corrected chi connectivity index (χ1v) is 7.96. The highest BCUT2D eigenvalue weighted by atomic mass is 32.2. The van der Waals surface area contributed by atoms with E-state index in [9.17, 15) is 8.42 Å². The summed E-state index contributed by atoms with van der Waals surface area (Å²) in [4.78, 5) is 0.246. The van der Waals surface area contributed by atoms with E-state index < -0.39 is 16.1 Å². The third-order valence-electron chi connectivity index (χ3n) is 2.89. The smallest absolute Gasteiger partial charge is 0.241 e. The number of benzene rings is 1. The highest BCUT2D eigenvalue weighted by molar-refractivity contribution is 7.89. The van der Waals surface area contributed by atoms with Crippen molar-refractivity contribution in [2.24, 2.45) is 12.8 Å². The maximum atomic E-state index is 12.4.